The second kappa shape index (κ2) is 9.29. The number of nitrogens with one attached hydrogen (secondary N) is 2. The Morgan fingerprint density at radius 3 is 2.59 bits per heavy atom. The molecule has 0 saturated carbocycles. The molecule has 1 saturated heterocycles. The fraction of sp³-hybridized carbons (Fsp3) is 0.722. The summed E-state index contributed by atoms with van der Waals surface area (Å²) in [5.74, 6) is -1.23. The third-order valence-electron chi connectivity index (χ3n) is 5.04. The molecule has 2 aliphatic rings. The van der Waals surface area contributed by atoms with Gasteiger partial charge >= 0.3 is 0 Å². The smallest absolute Gasteiger partial charge is 0.278 e. The minimum absolute atomic E-state index is 0.0674. The predicted molar refractivity (Wildman–Crippen MR) is 97.0 cm³/mol. The molecule has 0 bridgehead atoms. The molecule has 0 radical (unpaired) electrons. The molecular formula is C18H31N4O5+. The van der Waals surface area contributed by atoms with Gasteiger partial charge in [0.2, 0.25) is 11.8 Å². The monoisotopic (exact) mass is 383 g/mol. The Balaban J connectivity index is 2.08. The summed E-state index contributed by atoms with van der Waals surface area (Å²) in [6.45, 7) is 4.70. The summed E-state index contributed by atoms with van der Waals surface area (Å²) < 4.78 is 0. The van der Waals surface area contributed by atoms with Crippen LogP contribution < -0.4 is 21.7 Å². The van der Waals surface area contributed by atoms with Gasteiger partial charge in [-0.05, 0) is 12.3 Å². The lowest BCUT2D eigenvalue weighted by atomic mass is 9.89. The summed E-state index contributed by atoms with van der Waals surface area (Å²) in [6, 6.07) is -1.90. The molecule has 0 spiro atoms. The zero-order valence-corrected chi connectivity index (χ0v) is 15.9. The van der Waals surface area contributed by atoms with Crippen molar-refractivity contribution in [1.82, 2.24) is 10.6 Å². The predicted octanol–water partition coefficient (Wildman–Crippen LogP) is -2.73. The zero-order chi connectivity index (χ0) is 20.1. The number of carbonyl (C=O) groups excluding carboxylic acids is 3. The van der Waals surface area contributed by atoms with Crippen LogP contribution in [0.5, 0.6) is 0 Å². The third kappa shape index (κ3) is 5.75. The topological polar surface area (TPSA) is 158 Å². The highest BCUT2D eigenvalue weighted by Gasteiger charge is 2.36. The van der Waals surface area contributed by atoms with Crippen molar-refractivity contribution in [2.45, 2.75) is 69.9 Å². The molecule has 0 unspecified atom stereocenters. The van der Waals surface area contributed by atoms with Gasteiger partial charge in [0.05, 0.1) is 18.7 Å². The number of hydrogen-bond acceptors (Lipinski definition) is 5. The Hall–Kier alpha value is -1.97. The first-order valence-electron chi connectivity index (χ1n) is 9.49. The molecule has 0 aromatic heterocycles. The van der Waals surface area contributed by atoms with Crippen LogP contribution in [0.4, 0.5) is 0 Å². The van der Waals surface area contributed by atoms with Crippen LogP contribution in [-0.4, -0.2) is 64.8 Å². The van der Waals surface area contributed by atoms with Crippen LogP contribution in [0, 0.1) is 5.92 Å². The Kier molecular flexibility index (Phi) is 7.34. The number of quaternary nitrogens is 1. The molecule has 27 heavy (non-hydrogen) atoms. The minimum atomic E-state index is -1.20. The Morgan fingerprint density at radius 1 is 1.33 bits per heavy atom. The van der Waals surface area contributed by atoms with Gasteiger partial charge in [0, 0.05) is 24.8 Å². The van der Waals surface area contributed by atoms with E-state index in [1.165, 1.54) is 6.08 Å². The summed E-state index contributed by atoms with van der Waals surface area (Å²) >= 11 is 0. The highest BCUT2D eigenvalue weighted by Crippen LogP contribution is 2.20. The summed E-state index contributed by atoms with van der Waals surface area (Å²) in [4.78, 5) is 36.4. The third-order valence-corrected chi connectivity index (χ3v) is 5.04. The molecule has 1 aliphatic heterocycles. The molecular weight excluding hydrogens is 352 g/mol. The van der Waals surface area contributed by atoms with Crippen molar-refractivity contribution < 1.29 is 29.9 Å². The number of aliphatic hydroxyl groups is 2. The molecule has 2 rings (SSSR count). The van der Waals surface area contributed by atoms with Gasteiger partial charge in [-0.15, -0.1) is 0 Å². The summed E-state index contributed by atoms with van der Waals surface area (Å²) in [7, 11) is 0. The van der Waals surface area contributed by atoms with Gasteiger partial charge in [0.25, 0.3) is 5.91 Å². The molecule has 1 aliphatic carbocycles. The van der Waals surface area contributed by atoms with Crippen LogP contribution in [0.15, 0.2) is 11.6 Å². The number of aliphatic hydroxyl groups excluding tert-OH is 2. The molecule has 8 N–H and O–H groups in total. The number of rotatable bonds is 7. The van der Waals surface area contributed by atoms with E-state index < -0.39 is 36.1 Å². The normalized spacial score (nSPS) is 29.1. The summed E-state index contributed by atoms with van der Waals surface area (Å²) in [5.41, 5.74) is 5.56. The van der Waals surface area contributed by atoms with Crippen molar-refractivity contribution in [1.29, 1.82) is 0 Å². The fourth-order valence-corrected chi connectivity index (χ4v) is 3.52. The van der Waals surface area contributed by atoms with Crippen molar-refractivity contribution in [3.63, 3.8) is 0 Å². The molecule has 9 heteroatoms. The quantitative estimate of drug-likeness (QED) is 0.281. The standard InChI is InChI=1S/C18H30N4O5/c1-9(2)6-13(16(19)25)22-17(26)10-7-12(15(24)14(23)8-10)21-18(27)11-4-3-5-20-11/h7,9,11-15,20,23-24H,3-6,8H2,1-2H3,(H2,19,25)(H,21,27)(H,22,26)/p+1/t11-,12-,13-,14-,15-/m1/s1. The Labute approximate surface area is 158 Å². The number of carbonyl (C=O) groups is 3. The van der Waals surface area contributed by atoms with Crippen LogP contribution in [0.25, 0.3) is 0 Å². The number of nitrogens with two attached hydrogens (primary N) is 2. The lowest BCUT2D eigenvalue weighted by Gasteiger charge is -2.31. The first-order chi connectivity index (χ1) is 12.7. The first-order valence-corrected chi connectivity index (χ1v) is 9.49. The first kappa shape index (κ1) is 21.3. The van der Waals surface area contributed by atoms with Gasteiger partial charge in [-0.3, -0.25) is 14.4 Å². The number of hydrogen-bond donors (Lipinski definition) is 6. The van der Waals surface area contributed by atoms with Gasteiger partial charge in [0.15, 0.2) is 6.04 Å². The van der Waals surface area contributed by atoms with Crippen LogP contribution in [0.2, 0.25) is 0 Å². The van der Waals surface area contributed by atoms with Gasteiger partial charge in [-0.25, -0.2) is 0 Å². The molecule has 1 heterocycles. The Morgan fingerprint density at radius 2 is 2.04 bits per heavy atom. The maximum atomic E-state index is 12.5. The second-order valence-electron chi connectivity index (χ2n) is 7.82. The van der Waals surface area contributed by atoms with E-state index in [0.29, 0.717) is 6.42 Å². The van der Waals surface area contributed by atoms with E-state index in [1.807, 2.05) is 19.2 Å². The summed E-state index contributed by atoms with van der Waals surface area (Å²) in [6.07, 6.45) is 1.10. The van der Waals surface area contributed by atoms with Crippen LogP contribution in [0.1, 0.15) is 39.5 Å². The molecule has 0 aromatic carbocycles. The lowest BCUT2D eigenvalue weighted by Crippen LogP contribution is -2.89. The van der Waals surface area contributed by atoms with Crippen molar-refractivity contribution in [3.8, 4) is 0 Å². The van der Waals surface area contributed by atoms with Crippen LogP contribution >= 0.6 is 0 Å². The molecule has 0 aromatic rings. The molecule has 3 amide bonds. The van der Waals surface area contributed by atoms with E-state index in [2.05, 4.69) is 10.6 Å². The largest absolute Gasteiger partial charge is 0.390 e. The van der Waals surface area contributed by atoms with Gasteiger partial charge in [0.1, 0.15) is 12.1 Å². The van der Waals surface area contributed by atoms with Gasteiger partial charge in [-0.1, -0.05) is 19.9 Å². The zero-order valence-electron chi connectivity index (χ0n) is 15.9. The van der Waals surface area contributed by atoms with Gasteiger partial charge in [-0.2, -0.15) is 0 Å². The minimum Gasteiger partial charge on any atom is -0.390 e. The van der Waals surface area contributed by atoms with E-state index >= 15 is 0 Å². The maximum absolute atomic E-state index is 12.5. The van der Waals surface area contributed by atoms with E-state index in [0.717, 1.165) is 19.4 Å². The van der Waals surface area contributed by atoms with E-state index in [1.54, 1.807) is 0 Å². The van der Waals surface area contributed by atoms with E-state index in [9.17, 15) is 24.6 Å². The molecule has 5 atom stereocenters. The van der Waals surface area contributed by atoms with Crippen molar-refractivity contribution in [3.05, 3.63) is 11.6 Å². The molecule has 1 fully saturated rings. The second-order valence-corrected chi connectivity index (χ2v) is 7.82. The highest BCUT2D eigenvalue weighted by atomic mass is 16.3. The van der Waals surface area contributed by atoms with Crippen molar-refractivity contribution in [2.24, 2.45) is 11.7 Å². The average Bonchev–Trinajstić information content (AvgIpc) is 3.12. The van der Waals surface area contributed by atoms with E-state index in [-0.39, 0.29) is 29.9 Å². The SMILES string of the molecule is CC(C)C[C@@H](NC(=O)C1=C[C@@H](NC(=O)[C@H]2CCC[NH2+]2)[C@@H](O)[C@H](O)C1)C(N)=O. The number of amides is 3. The number of primary amides is 1. The molecule has 9 nitrogen and oxygen atoms in total. The Bertz CT molecular complexity index is 601. The highest BCUT2D eigenvalue weighted by molar-refractivity contribution is 5.97. The van der Waals surface area contributed by atoms with Crippen molar-refractivity contribution >= 4 is 17.7 Å². The maximum Gasteiger partial charge on any atom is 0.278 e. The summed E-state index contributed by atoms with van der Waals surface area (Å²) in [5, 5.41) is 27.5. The average molecular weight is 383 g/mol. The van der Waals surface area contributed by atoms with Crippen LogP contribution in [0.3, 0.4) is 0 Å². The van der Waals surface area contributed by atoms with Crippen LogP contribution in [-0.2, 0) is 14.4 Å². The van der Waals surface area contributed by atoms with E-state index in [4.69, 9.17) is 5.73 Å². The molecule has 152 valence electrons. The lowest BCUT2D eigenvalue weighted by molar-refractivity contribution is -0.657. The van der Waals surface area contributed by atoms with Crippen molar-refractivity contribution in [2.75, 3.05) is 6.54 Å². The van der Waals surface area contributed by atoms with Gasteiger partial charge < -0.3 is 31.9 Å². The fourth-order valence-electron chi connectivity index (χ4n) is 3.52.